The highest BCUT2D eigenvalue weighted by Crippen LogP contribution is 2.35. The van der Waals surface area contributed by atoms with Crippen molar-refractivity contribution in [1.29, 1.82) is 0 Å². The van der Waals surface area contributed by atoms with Gasteiger partial charge in [-0.25, -0.2) is 13.8 Å². The zero-order valence-corrected chi connectivity index (χ0v) is 17.1. The van der Waals surface area contributed by atoms with Gasteiger partial charge in [0.2, 0.25) is 0 Å². The van der Waals surface area contributed by atoms with Crippen molar-refractivity contribution in [2.45, 2.75) is 25.3 Å². The van der Waals surface area contributed by atoms with Crippen molar-refractivity contribution in [3.8, 4) is 16.3 Å². The summed E-state index contributed by atoms with van der Waals surface area (Å²) in [6, 6.07) is 7.71. The molecule has 154 valence electrons. The van der Waals surface area contributed by atoms with Crippen LogP contribution in [0.2, 0.25) is 0 Å². The Bertz CT molecular complexity index is 1130. The molecule has 1 N–H and O–H groups in total. The molecule has 1 fully saturated rings. The molecule has 5 nitrogen and oxygen atoms in total. The van der Waals surface area contributed by atoms with Gasteiger partial charge in [0.1, 0.15) is 11.6 Å². The molecule has 8 heteroatoms. The lowest BCUT2D eigenvalue weighted by atomic mass is 9.90. The number of aromatic amines is 1. The van der Waals surface area contributed by atoms with E-state index >= 15 is 0 Å². The minimum absolute atomic E-state index is 0.183. The summed E-state index contributed by atoms with van der Waals surface area (Å²) >= 11 is 1.61. The zero-order chi connectivity index (χ0) is 20.5. The summed E-state index contributed by atoms with van der Waals surface area (Å²) in [7, 11) is 0. The van der Waals surface area contributed by atoms with Gasteiger partial charge in [-0.3, -0.25) is 14.6 Å². The molecular weight excluding hydrogens is 404 g/mol. The number of aromatic nitrogens is 4. The Balaban J connectivity index is 1.37. The van der Waals surface area contributed by atoms with E-state index in [0.29, 0.717) is 5.56 Å². The first-order valence-electron chi connectivity index (χ1n) is 9.96. The van der Waals surface area contributed by atoms with Gasteiger partial charge in [0.05, 0.1) is 6.20 Å². The van der Waals surface area contributed by atoms with Gasteiger partial charge < -0.3 is 0 Å². The predicted molar refractivity (Wildman–Crippen MR) is 113 cm³/mol. The Morgan fingerprint density at radius 2 is 2.13 bits per heavy atom. The second-order valence-electron chi connectivity index (χ2n) is 7.58. The third-order valence-electron chi connectivity index (χ3n) is 5.65. The molecule has 1 aromatic carbocycles. The number of halogens is 2. The molecule has 1 aliphatic heterocycles. The summed E-state index contributed by atoms with van der Waals surface area (Å²) < 4.78 is 30.2. The Labute approximate surface area is 177 Å². The maximum atomic E-state index is 14.4. The number of likely N-dealkylation sites (tertiary alicyclic amines) is 1. The molecule has 5 rings (SSSR count). The molecule has 0 aliphatic carbocycles. The first-order valence-corrected chi connectivity index (χ1v) is 10.8. The van der Waals surface area contributed by atoms with E-state index in [4.69, 9.17) is 0 Å². The van der Waals surface area contributed by atoms with Crippen molar-refractivity contribution in [3.05, 3.63) is 77.3 Å². The van der Waals surface area contributed by atoms with Crippen LogP contribution in [-0.2, 0) is 6.54 Å². The van der Waals surface area contributed by atoms with Crippen molar-refractivity contribution in [2.75, 3.05) is 13.1 Å². The Morgan fingerprint density at radius 3 is 3.00 bits per heavy atom. The van der Waals surface area contributed by atoms with E-state index in [2.05, 4.69) is 30.7 Å². The van der Waals surface area contributed by atoms with Crippen LogP contribution < -0.4 is 0 Å². The van der Waals surface area contributed by atoms with Crippen molar-refractivity contribution in [2.24, 2.45) is 0 Å². The highest BCUT2D eigenvalue weighted by molar-refractivity contribution is 7.12. The normalized spacial score (nSPS) is 17.5. The first-order chi connectivity index (χ1) is 14.7. The van der Waals surface area contributed by atoms with Crippen molar-refractivity contribution in [3.63, 3.8) is 0 Å². The number of H-pyrrole nitrogens is 1. The van der Waals surface area contributed by atoms with Gasteiger partial charge in [0.25, 0.3) is 0 Å². The molecule has 0 amide bonds. The van der Waals surface area contributed by atoms with Crippen LogP contribution in [0, 0.1) is 11.6 Å². The number of hydrogen-bond donors (Lipinski definition) is 1. The number of hydrogen-bond acceptors (Lipinski definition) is 4. The largest absolute Gasteiger partial charge is 0.297 e. The van der Waals surface area contributed by atoms with Gasteiger partial charge in [-0.1, -0.05) is 0 Å². The minimum atomic E-state index is -0.452. The van der Waals surface area contributed by atoms with Crippen LogP contribution in [0.25, 0.3) is 16.3 Å². The lowest BCUT2D eigenvalue weighted by Gasteiger charge is -2.32. The Morgan fingerprint density at radius 1 is 1.20 bits per heavy atom. The second kappa shape index (κ2) is 8.12. The monoisotopic (exact) mass is 425 g/mol. The van der Waals surface area contributed by atoms with Crippen LogP contribution in [-0.4, -0.2) is 37.7 Å². The number of nitrogens with zero attached hydrogens (tertiary/aromatic N) is 4. The van der Waals surface area contributed by atoms with Crippen molar-refractivity contribution >= 4 is 11.3 Å². The van der Waals surface area contributed by atoms with Crippen molar-refractivity contribution < 1.29 is 8.78 Å². The molecule has 4 aromatic rings. The summed E-state index contributed by atoms with van der Waals surface area (Å²) in [6.45, 7) is 2.63. The maximum absolute atomic E-state index is 14.4. The van der Waals surface area contributed by atoms with Crippen LogP contribution in [0.3, 0.4) is 0 Å². The topological polar surface area (TPSA) is 49.7 Å². The average molecular weight is 426 g/mol. The Hall–Kier alpha value is -2.84. The van der Waals surface area contributed by atoms with E-state index in [1.54, 1.807) is 17.5 Å². The number of rotatable bonds is 5. The maximum Gasteiger partial charge on any atom is 0.193 e. The summed E-state index contributed by atoms with van der Waals surface area (Å²) in [6.07, 6.45) is 7.46. The van der Waals surface area contributed by atoms with E-state index in [1.165, 1.54) is 17.8 Å². The molecule has 1 atom stereocenters. The quantitative estimate of drug-likeness (QED) is 0.491. The first kappa shape index (κ1) is 19.1. The fourth-order valence-electron chi connectivity index (χ4n) is 4.26. The molecule has 1 aliphatic rings. The van der Waals surface area contributed by atoms with Crippen molar-refractivity contribution in [1.82, 2.24) is 24.6 Å². The highest BCUT2D eigenvalue weighted by Gasteiger charge is 2.26. The van der Waals surface area contributed by atoms with E-state index in [9.17, 15) is 8.78 Å². The van der Waals surface area contributed by atoms with Crippen LogP contribution in [0.5, 0.6) is 0 Å². The summed E-state index contributed by atoms with van der Waals surface area (Å²) in [4.78, 5) is 6.82. The molecule has 0 bridgehead atoms. The van der Waals surface area contributed by atoms with Crippen LogP contribution >= 0.6 is 11.3 Å². The molecule has 3 aromatic heterocycles. The number of benzene rings is 1. The molecular formula is C22H21F2N5S. The lowest BCUT2D eigenvalue weighted by molar-refractivity contribution is 0.196. The molecule has 0 saturated carbocycles. The molecule has 4 heterocycles. The van der Waals surface area contributed by atoms with E-state index in [0.717, 1.165) is 49.4 Å². The van der Waals surface area contributed by atoms with E-state index in [-0.39, 0.29) is 11.5 Å². The van der Waals surface area contributed by atoms with Gasteiger partial charge in [0, 0.05) is 59.3 Å². The third kappa shape index (κ3) is 3.68. The van der Waals surface area contributed by atoms with E-state index in [1.807, 2.05) is 23.8 Å². The number of thiazole rings is 1. The molecule has 30 heavy (non-hydrogen) atoms. The SMILES string of the molecule is Fc1ccc(F)c(-c2cn[nH]c2[C@@H]2CCCN(Cc3cccn3-c3nccs3)C2)c1. The van der Waals surface area contributed by atoms with Crippen LogP contribution in [0.1, 0.15) is 30.1 Å². The van der Waals surface area contributed by atoms with Gasteiger partial charge in [-0.2, -0.15) is 5.10 Å². The smallest absolute Gasteiger partial charge is 0.193 e. The van der Waals surface area contributed by atoms with Gasteiger partial charge in [-0.05, 0) is 49.7 Å². The van der Waals surface area contributed by atoms with Gasteiger partial charge in [-0.15, -0.1) is 11.3 Å². The van der Waals surface area contributed by atoms with Gasteiger partial charge in [0.15, 0.2) is 5.13 Å². The third-order valence-corrected chi connectivity index (χ3v) is 6.42. The predicted octanol–water partition coefficient (Wildman–Crippen LogP) is 4.98. The number of piperidine rings is 1. The fraction of sp³-hybridized carbons (Fsp3) is 0.273. The second-order valence-corrected chi connectivity index (χ2v) is 8.45. The summed E-state index contributed by atoms with van der Waals surface area (Å²) in [5.41, 5.74) is 2.96. The average Bonchev–Trinajstić information content (AvgIpc) is 3.51. The highest BCUT2D eigenvalue weighted by atomic mass is 32.1. The van der Waals surface area contributed by atoms with Crippen LogP contribution in [0.4, 0.5) is 8.78 Å². The molecule has 0 spiro atoms. The summed E-state index contributed by atoms with van der Waals surface area (Å²) in [5, 5.41) is 10.1. The minimum Gasteiger partial charge on any atom is -0.297 e. The zero-order valence-electron chi connectivity index (χ0n) is 16.3. The molecule has 0 radical (unpaired) electrons. The molecule has 0 unspecified atom stereocenters. The number of nitrogens with one attached hydrogen (secondary N) is 1. The van der Waals surface area contributed by atoms with E-state index < -0.39 is 11.6 Å². The Kier molecular flexibility index (Phi) is 5.18. The molecule has 1 saturated heterocycles. The lowest BCUT2D eigenvalue weighted by Crippen LogP contribution is -2.34. The standard InChI is InChI=1S/C22H21F2N5S/c23-16-5-6-20(24)18(11-16)19-12-26-27-21(19)15-3-1-8-28(13-15)14-17-4-2-9-29(17)22-25-7-10-30-22/h2,4-7,9-12,15H,1,3,8,13-14H2,(H,26,27)/t15-/m1/s1. The van der Waals surface area contributed by atoms with Gasteiger partial charge >= 0.3 is 0 Å². The van der Waals surface area contributed by atoms with Crippen LogP contribution in [0.15, 0.2) is 54.3 Å². The fourth-order valence-corrected chi connectivity index (χ4v) is 4.91. The summed E-state index contributed by atoms with van der Waals surface area (Å²) in [5.74, 6) is -0.707.